The molecule has 2 aliphatic rings. The average molecular weight is 434 g/mol. The Bertz CT molecular complexity index is 1070. The second kappa shape index (κ2) is 8.04. The number of methoxy groups -OCH3 is 2. The molecule has 160 valence electrons. The Morgan fingerprint density at radius 2 is 1.90 bits per heavy atom. The molecule has 1 atom stereocenters. The van der Waals surface area contributed by atoms with E-state index < -0.39 is 10.0 Å². The SMILES string of the molecule is COc1ccc(S(=O)(=O)NCC2CC(=O)N(c3ccc4c(c3)OCO4)C2)c(OC)c1. The highest BCUT2D eigenvalue weighted by Gasteiger charge is 2.32. The minimum Gasteiger partial charge on any atom is -0.497 e. The van der Waals surface area contributed by atoms with Crippen LogP contribution in [0.2, 0.25) is 0 Å². The van der Waals surface area contributed by atoms with E-state index in [4.69, 9.17) is 18.9 Å². The van der Waals surface area contributed by atoms with E-state index in [9.17, 15) is 13.2 Å². The lowest BCUT2D eigenvalue weighted by atomic mass is 10.1. The zero-order chi connectivity index (χ0) is 21.3. The molecule has 1 N–H and O–H groups in total. The average Bonchev–Trinajstić information content (AvgIpc) is 3.37. The standard InChI is InChI=1S/C20H22N2O7S/c1-26-15-4-6-19(18(9-15)27-2)30(24,25)21-10-13-7-20(23)22(11-13)14-3-5-16-17(8-14)29-12-28-16/h3-6,8-9,13,21H,7,10-12H2,1-2H3. The van der Waals surface area contributed by atoms with Gasteiger partial charge in [-0.2, -0.15) is 0 Å². The van der Waals surface area contributed by atoms with Gasteiger partial charge >= 0.3 is 0 Å². The third-order valence-corrected chi connectivity index (χ3v) is 6.56. The van der Waals surface area contributed by atoms with Gasteiger partial charge in [0.25, 0.3) is 0 Å². The number of amides is 1. The summed E-state index contributed by atoms with van der Waals surface area (Å²) in [6.07, 6.45) is 0.247. The van der Waals surface area contributed by atoms with Crippen LogP contribution >= 0.6 is 0 Å². The summed E-state index contributed by atoms with van der Waals surface area (Å²) in [6, 6.07) is 9.80. The van der Waals surface area contributed by atoms with Crippen LogP contribution in [-0.4, -0.2) is 48.4 Å². The number of carbonyl (C=O) groups is 1. The van der Waals surface area contributed by atoms with Crippen molar-refractivity contribution in [2.75, 3.05) is 39.0 Å². The Hall–Kier alpha value is -2.98. The zero-order valence-electron chi connectivity index (χ0n) is 16.6. The Kier molecular flexibility index (Phi) is 5.44. The molecule has 0 spiro atoms. The van der Waals surface area contributed by atoms with Crippen molar-refractivity contribution in [1.82, 2.24) is 4.72 Å². The lowest BCUT2D eigenvalue weighted by Crippen LogP contribution is -2.31. The Labute approximate surface area is 174 Å². The fourth-order valence-corrected chi connectivity index (χ4v) is 4.79. The van der Waals surface area contributed by atoms with E-state index in [1.807, 2.05) is 0 Å². The smallest absolute Gasteiger partial charge is 0.244 e. The van der Waals surface area contributed by atoms with Gasteiger partial charge < -0.3 is 23.8 Å². The van der Waals surface area contributed by atoms with Crippen molar-refractivity contribution in [3.63, 3.8) is 0 Å². The largest absolute Gasteiger partial charge is 0.497 e. The molecule has 4 rings (SSSR count). The maximum Gasteiger partial charge on any atom is 0.244 e. The number of nitrogens with zero attached hydrogens (tertiary/aromatic N) is 1. The number of carbonyl (C=O) groups excluding carboxylic acids is 1. The van der Waals surface area contributed by atoms with Crippen LogP contribution in [0.25, 0.3) is 0 Å². The molecule has 1 saturated heterocycles. The zero-order valence-corrected chi connectivity index (χ0v) is 17.4. The minimum absolute atomic E-state index is 0.0164. The van der Waals surface area contributed by atoms with Crippen LogP contribution in [0.15, 0.2) is 41.3 Å². The van der Waals surface area contributed by atoms with E-state index >= 15 is 0 Å². The van der Waals surface area contributed by atoms with Crippen molar-refractivity contribution in [3.8, 4) is 23.0 Å². The molecule has 0 saturated carbocycles. The van der Waals surface area contributed by atoms with E-state index in [0.29, 0.717) is 29.5 Å². The minimum atomic E-state index is -3.82. The molecule has 2 heterocycles. The molecule has 1 unspecified atom stereocenters. The summed E-state index contributed by atoms with van der Waals surface area (Å²) in [5.74, 6) is 1.68. The van der Waals surface area contributed by atoms with E-state index in [-0.39, 0.29) is 42.2 Å². The van der Waals surface area contributed by atoms with Crippen molar-refractivity contribution in [3.05, 3.63) is 36.4 Å². The van der Waals surface area contributed by atoms with Crippen molar-refractivity contribution in [2.24, 2.45) is 5.92 Å². The summed E-state index contributed by atoms with van der Waals surface area (Å²) in [5.41, 5.74) is 0.700. The topological polar surface area (TPSA) is 103 Å². The second-order valence-corrected chi connectivity index (χ2v) is 8.72. The predicted molar refractivity (Wildman–Crippen MR) is 108 cm³/mol. The predicted octanol–water partition coefficient (Wildman–Crippen LogP) is 1.76. The first-order chi connectivity index (χ1) is 14.4. The van der Waals surface area contributed by atoms with Gasteiger partial charge in [-0.05, 0) is 30.2 Å². The van der Waals surface area contributed by atoms with Crippen molar-refractivity contribution in [1.29, 1.82) is 0 Å². The molecule has 2 aromatic carbocycles. The molecule has 2 aliphatic heterocycles. The number of benzene rings is 2. The highest BCUT2D eigenvalue weighted by molar-refractivity contribution is 7.89. The quantitative estimate of drug-likeness (QED) is 0.708. The van der Waals surface area contributed by atoms with Crippen LogP contribution in [0, 0.1) is 5.92 Å². The van der Waals surface area contributed by atoms with E-state index in [0.717, 1.165) is 0 Å². The molecule has 9 nitrogen and oxygen atoms in total. The molecule has 0 bridgehead atoms. The molecule has 0 radical (unpaired) electrons. The van der Waals surface area contributed by atoms with Crippen LogP contribution < -0.4 is 28.6 Å². The van der Waals surface area contributed by atoms with Gasteiger partial charge in [-0.25, -0.2) is 13.1 Å². The fourth-order valence-electron chi connectivity index (χ4n) is 3.52. The van der Waals surface area contributed by atoms with Gasteiger partial charge in [0.2, 0.25) is 22.7 Å². The van der Waals surface area contributed by atoms with Gasteiger partial charge in [-0.15, -0.1) is 0 Å². The highest BCUT2D eigenvalue weighted by Crippen LogP contribution is 2.37. The third kappa shape index (κ3) is 3.88. The second-order valence-electron chi connectivity index (χ2n) is 6.98. The number of hydrogen-bond acceptors (Lipinski definition) is 7. The maximum absolute atomic E-state index is 12.8. The number of ether oxygens (including phenoxy) is 4. The number of fused-ring (bicyclic) bond motifs is 1. The maximum atomic E-state index is 12.8. The van der Waals surface area contributed by atoms with Crippen LogP contribution in [0.1, 0.15) is 6.42 Å². The number of sulfonamides is 1. The first kappa shape index (κ1) is 20.3. The Morgan fingerprint density at radius 3 is 2.67 bits per heavy atom. The normalized spacial score (nSPS) is 18.0. The van der Waals surface area contributed by atoms with Gasteiger partial charge in [-0.3, -0.25) is 4.79 Å². The van der Waals surface area contributed by atoms with E-state index in [2.05, 4.69) is 4.72 Å². The van der Waals surface area contributed by atoms with E-state index in [1.54, 1.807) is 29.2 Å². The number of anilines is 1. The lowest BCUT2D eigenvalue weighted by Gasteiger charge is -2.18. The van der Waals surface area contributed by atoms with Crippen LogP contribution in [-0.2, 0) is 14.8 Å². The molecule has 1 fully saturated rings. The Morgan fingerprint density at radius 1 is 1.10 bits per heavy atom. The van der Waals surface area contributed by atoms with Crippen LogP contribution in [0.5, 0.6) is 23.0 Å². The first-order valence-corrected chi connectivity index (χ1v) is 10.8. The highest BCUT2D eigenvalue weighted by atomic mass is 32.2. The molecule has 30 heavy (non-hydrogen) atoms. The van der Waals surface area contributed by atoms with Gasteiger partial charge in [0.05, 0.1) is 14.2 Å². The van der Waals surface area contributed by atoms with Gasteiger partial charge in [0.1, 0.15) is 16.4 Å². The first-order valence-electron chi connectivity index (χ1n) is 9.33. The summed E-state index contributed by atoms with van der Waals surface area (Å²) < 4.78 is 49.1. The van der Waals surface area contributed by atoms with Crippen LogP contribution in [0.3, 0.4) is 0 Å². The Balaban J connectivity index is 1.44. The lowest BCUT2D eigenvalue weighted by molar-refractivity contribution is -0.117. The molecular formula is C20H22N2O7S. The number of rotatable bonds is 7. The monoisotopic (exact) mass is 434 g/mol. The van der Waals surface area contributed by atoms with E-state index in [1.165, 1.54) is 26.4 Å². The van der Waals surface area contributed by atoms with Crippen LogP contribution in [0.4, 0.5) is 5.69 Å². The number of hydrogen-bond donors (Lipinski definition) is 1. The summed E-state index contributed by atoms with van der Waals surface area (Å²) in [7, 11) is -0.934. The molecular weight excluding hydrogens is 412 g/mol. The molecule has 1 amide bonds. The summed E-state index contributed by atoms with van der Waals surface area (Å²) in [6.45, 7) is 0.691. The number of nitrogens with one attached hydrogen (secondary N) is 1. The van der Waals surface area contributed by atoms with Crippen molar-refractivity contribution < 1.29 is 32.2 Å². The molecule has 2 aromatic rings. The fraction of sp³-hybridized carbons (Fsp3) is 0.350. The van der Waals surface area contributed by atoms with Gasteiger partial charge in [0, 0.05) is 37.3 Å². The van der Waals surface area contributed by atoms with Gasteiger partial charge in [-0.1, -0.05) is 0 Å². The van der Waals surface area contributed by atoms with Crippen molar-refractivity contribution >= 4 is 21.6 Å². The molecule has 10 heteroatoms. The molecule has 0 aromatic heterocycles. The summed E-state index contributed by atoms with van der Waals surface area (Å²) in [4.78, 5) is 14.1. The summed E-state index contributed by atoms with van der Waals surface area (Å²) >= 11 is 0. The van der Waals surface area contributed by atoms with Gasteiger partial charge in [0.15, 0.2) is 11.5 Å². The summed E-state index contributed by atoms with van der Waals surface area (Å²) in [5, 5.41) is 0. The van der Waals surface area contributed by atoms with Crippen molar-refractivity contribution in [2.45, 2.75) is 11.3 Å². The third-order valence-electron chi connectivity index (χ3n) is 5.10. The molecule has 0 aliphatic carbocycles.